The predicted molar refractivity (Wildman–Crippen MR) is 103 cm³/mol. The standard InChI is InChI=1S/C23H18O2/c1-3-22(24)17-8-6-5-7-13-20-14-9-10-15-21(19-20)16-11-12-18-23(25)4-2/h1-2,5-18H,19H2/b6-5+,13-7+,16-11+,17-8+,18-12+. The lowest BCUT2D eigenvalue weighted by molar-refractivity contribution is -0.110. The monoisotopic (exact) mass is 326 g/mol. The fourth-order valence-corrected chi connectivity index (χ4v) is 1.81. The van der Waals surface area contributed by atoms with Gasteiger partial charge in [0, 0.05) is 0 Å². The third kappa shape index (κ3) is 9.18. The molecule has 1 aliphatic rings. The van der Waals surface area contributed by atoms with Gasteiger partial charge < -0.3 is 0 Å². The van der Waals surface area contributed by atoms with Gasteiger partial charge in [-0.05, 0) is 41.6 Å². The van der Waals surface area contributed by atoms with Crippen LogP contribution in [0.1, 0.15) is 6.42 Å². The molecule has 0 saturated carbocycles. The second-order valence-corrected chi connectivity index (χ2v) is 4.88. The number of hydrogen-bond acceptors (Lipinski definition) is 2. The number of allylic oxidation sites excluding steroid dienone is 16. The van der Waals surface area contributed by atoms with E-state index >= 15 is 0 Å². The van der Waals surface area contributed by atoms with Crippen LogP contribution >= 0.6 is 0 Å². The van der Waals surface area contributed by atoms with Crippen LogP contribution in [0.4, 0.5) is 0 Å². The molecule has 0 aromatic heterocycles. The molecule has 2 heteroatoms. The van der Waals surface area contributed by atoms with E-state index in [1.165, 1.54) is 12.2 Å². The number of hydrogen-bond donors (Lipinski definition) is 0. The zero-order valence-electron chi connectivity index (χ0n) is 13.8. The summed E-state index contributed by atoms with van der Waals surface area (Å²) in [7, 11) is 0. The third-order valence-electron chi connectivity index (χ3n) is 2.98. The van der Waals surface area contributed by atoms with Crippen molar-refractivity contribution < 1.29 is 9.59 Å². The van der Waals surface area contributed by atoms with E-state index < -0.39 is 0 Å². The molecule has 0 saturated heterocycles. The van der Waals surface area contributed by atoms with Crippen molar-refractivity contribution in [3.05, 3.63) is 96.2 Å². The summed E-state index contributed by atoms with van der Waals surface area (Å²) in [4.78, 5) is 21.9. The maximum Gasteiger partial charge on any atom is 0.228 e. The highest BCUT2D eigenvalue weighted by Gasteiger charge is 1.98. The molecular weight excluding hydrogens is 308 g/mol. The largest absolute Gasteiger partial charge is 0.280 e. The van der Waals surface area contributed by atoms with Crippen LogP contribution in [0, 0.1) is 24.7 Å². The minimum Gasteiger partial charge on any atom is -0.280 e. The molecular formula is C23H18O2. The Morgan fingerprint density at radius 2 is 1.20 bits per heavy atom. The first-order chi connectivity index (χ1) is 12.2. The second kappa shape index (κ2) is 11.9. The summed E-state index contributed by atoms with van der Waals surface area (Å²) in [6.45, 7) is 0. The van der Waals surface area contributed by atoms with Gasteiger partial charge in [0.05, 0.1) is 0 Å². The van der Waals surface area contributed by atoms with Crippen molar-refractivity contribution in [2.75, 3.05) is 0 Å². The van der Waals surface area contributed by atoms with Gasteiger partial charge in [-0.1, -0.05) is 72.9 Å². The van der Waals surface area contributed by atoms with Crippen molar-refractivity contribution in [2.24, 2.45) is 0 Å². The number of terminal acetylenes is 2. The van der Waals surface area contributed by atoms with Gasteiger partial charge in [-0.3, -0.25) is 9.59 Å². The quantitative estimate of drug-likeness (QED) is 0.307. The summed E-state index contributed by atoms with van der Waals surface area (Å²) in [5.41, 5.74) is 2.23. The molecule has 122 valence electrons. The van der Waals surface area contributed by atoms with E-state index in [0.29, 0.717) is 0 Å². The third-order valence-corrected chi connectivity index (χ3v) is 2.98. The molecule has 25 heavy (non-hydrogen) atoms. The molecule has 0 heterocycles. The minimum atomic E-state index is -0.357. The maximum absolute atomic E-state index is 11.0. The van der Waals surface area contributed by atoms with E-state index in [4.69, 9.17) is 12.8 Å². The van der Waals surface area contributed by atoms with Gasteiger partial charge in [-0.2, -0.15) is 0 Å². The lowest BCUT2D eigenvalue weighted by atomic mass is 10.0. The van der Waals surface area contributed by atoms with Crippen molar-refractivity contribution in [2.45, 2.75) is 6.42 Å². The average Bonchev–Trinajstić information content (AvgIpc) is 2.86. The van der Waals surface area contributed by atoms with Crippen LogP contribution in [-0.2, 0) is 9.59 Å². The van der Waals surface area contributed by atoms with E-state index in [-0.39, 0.29) is 11.6 Å². The summed E-state index contributed by atoms with van der Waals surface area (Å²) < 4.78 is 0. The molecule has 0 fully saturated rings. The van der Waals surface area contributed by atoms with Crippen molar-refractivity contribution >= 4 is 11.6 Å². The maximum atomic E-state index is 11.0. The van der Waals surface area contributed by atoms with Gasteiger partial charge in [0.25, 0.3) is 0 Å². The lowest BCUT2D eigenvalue weighted by Crippen LogP contribution is -1.83. The molecule has 0 amide bonds. The smallest absolute Gasteiger partial charge is 0.228 e. The number of rotatable bonds is 7. The Labute approximate surface area is 149 Å². The molecule has 0 unspecified atom stereocenters. The number of carbonyl (C=O) groups is 2. The minimum absolute atomic E-state index is 0.354. The van der Waals surface area contributed by atoms with Crippen molar-refractivity contribution in [1.29, 1.82) is 0 Å². The Hall–Kier alpha value is -3.62. The fourth-order valence-electron chi connectivity index (χ4n) is 1.81. The Bertz CT molecular complexity index is 820. The van der Waals surface area contributed by atoms with Crippen LogP contribution in [0.5, 0.6) is 0 Å². The summed E-state index contributed by atoms with van der Waals surface area (Å²) in [5.74, 6) is 3.32. The Morgan fingerprint density at radius 1 is 0.760 bits per heavy atom. The summed E-state index contributed by atoms with van der Waals surface area (Å²) in [6, 6.07) is 0. The van der Waals surface area contributed by atoms with Crippen LogP contribution in [0.3, 0.4) is 0 Å². The number of ketones is 2. The molecule has 1 rings (SSSR count). The molecule has 0 N–H and O–H groups in total. The van der Waals surface area contributed by atoms with E-state index in [2.05, 4.69) is 0 Å². The van der Waals surface area contributed by atoms with Gasteiger partial charge in [0.1, 0.15) is 0 Å². The first-order valence-electron chi connectivity index (χ1n) is 7.59. The molecule has 0 aromatic rings. The summed E-state index contributed by atoms with van der Waals surface area (Å²) >= 11 is 0. The first-order valence-corrected chi connectivity index (χ1v) is 7.59. The van der Waals surface area contributed by atoms with Gasteiger partial charge in [-0.15, -0.1) is 12.8 Å². The summed E-state index contributed by atoms with van der Waals surface area (Å²) in [5, 5.41) is 0. The predicted octanol–water partition coefficient (Wildman–Crippen LogP) is 3.98. The van der Waals surface area contributed by atoms with Crippen molar-refractivity contribution in [1.82, 2.24) is 0 Å². The molecule has 0 bridgehead atoms. The molecule has 0 spiro atoms. The van der Waals surface area contributed by atoms with Crippen molar-refractivity contribution in [3.63, 3.8) is 0 Å². The van der Waals surface area contributed by atoms with Crippen LogP contribution < -0.4 is 0 Å². The topological polar surface area (TPSA) is 34.1 Å². The zero-order chi connectivity index (χ0) is 18.3. The highest BCUT2D eigenvalue weighted by Crippen LogP contribution is 2.17. The zero-order valence-corrected chi connectivity index (χ0v) is 13.8. The lowest BCUT2D eigenvalue weighted by Gasteiger charge is -2.00. The fraction of sp³-hybridized carbons (Fsp3) is 0.0435. The van der Waals surface area contributed by atoms with E-state index in [1.807, 2.05) is 60.4 Å². The SMILES string of the molecule is C#CC(=O)/C=C/C=C/C=C/C1=CC=CC=C(/C=C/C=C/C(=O)C#C)C1. The molecule has 1 aliphatic carbocycles. The van der Waals surface area contributed by atoms with Crippen LogP contribution in [0.15, 0.2) is 96.2 Å². The van der Waals surface area contributed by atoms with E-state index in [9.17, 15) is 9.59 Å². The highest BCUT2D eigenvalue weighted by molar-refractivity contribution is 6.04. The average molecular weight is 326 g/mol. The van der Waals surface area contributed by atoms with Gasteiger partial charge in [-0.25, -0.2) is 0 Å². The summed E-state index contributed by atoms with van der Waals surface area (Å²) in [6.07, 6.45) is 35.7. The molecule has 2 nitrogen and oxygen atoms in total. The highest BCUT2D eigenvalue weighted by atomic mass is 16.1. The van der Waals surface area contributed by atoms with Crippen LogP contribution in [0.2, 0.25) is 0 Å². The second-order valence-electron chi connectivity index (χ2n) is 4.88. The molecule has 0 atom stereocenters. The van der Waals surface area contributed by atoms with Crippen LogP contribution in [0.25, 0.3) is 0 Å². The normalized spacial score (nSPS) is 14.8. The number of carbonyl (C=O) groups excluding carboxylic acids is 2. The first kappa shape index (κ1) is 19.4. The van der Waals surface area contributed by atoms with Gasteiger partial charge in [0.2, 0.25) is 11.6 Å². The Balaban J connectivity index is 2.61. The van der Waals surface area contributed by atoms with E-state index in [1.54, 1.807) is 24.3 Å². The van der Waals surface area contributed by atoms with E-state index in [0.717, 1.165) is 17.6 Å². The molecule has 0 radical (unpaired) electrons. The molecule has 0 aromatic carbocycles. The van der Waals surface area contributed by atoms with Gasteiger partial charge in [0.15, 0.2) is 0 Å². The Kier molecular flexibility index (Phi) is 9.23. The Morgan fingerprint density at radius 3 is 1.72 bits per heavy atom. The van der Waals surface area contributed by atoms with Crippen LogP contribution in [-0.4, -0.2) is 11.6 Å². The van der Waals surface area contributed by atoms with Crippen molar-refractivity contribution in [3.8, 4) is 24.7 Å². The van der Waals surface area contributed by atoms with Gasteiger partial charge >= 0.3 is 0 Å². The molecule has 0 aliphatic heterocycles.